The van der Waals surface area contributed by atoms with Gasteiger partial charge >= 0.3 is 0 Å². The Morgan fingerprint density at radius 2 is 2.33 bits per heavy atom. The molecule has 1 aromatic heterocycles. The van der Waals surface area contributed by atoms with Crippen molar-refractivity contribution >= 4 is 5.91 Å². The van der Waals surface area contributed by atoms with Gasteiger partial charge in [0.1, 0.15) is 19.3 Å². The number of ether oxygens (including phenoxy) is 2. The first-order valence-electron chi connectivity index (χ1n) is 6.53. The lowest BCUT2D eigenvalue weighted by Crippen LogP contribution is -2.35. The second-order valence-corrected chi connectivity index (χ2v) is 4.72. The fourth-order valence-corrected chi connectivity index (χ4v) is 2.16. The molecule has 118 valence electrons. The number of rotatable bonds is 6. The first kappa shape index (κ1) is 15.8. The molecule has 0 unspecified atom stereocenters. The second kappa shape index (κ2) is 6.44. The maximum Gasteiger partial charge on any atom is 0.267 e. The van der Waals surface area contributed by atoms with Crippen LogP contribution in [0.1, 0.15) is 31.1 Å². The van der Waals surface area contributed by atoms with Crippen molar-refractivity contribution < 1.29 is 27.6 Å². The van der Waals surface area contributed by atoms with E-state index in [0.29, 0.717) is 6.61 Å². The van der Waals surface area contributed by atoms with E-state index in [9.17, 15) is 13.6 Å². The highest BCUT2D eigenvalue weighted by Crippen LogP contribution is 2.40. The summed E-state index contributed by atoms with van der Waals surface area (Å²) >= 11 is 0. The number of carbonyl (C=O) groups excluding carboxylic acids is 1. The summed E-state index contributed by atoms with van der Waals surface area (Å²) in [5.41, 5.74) is 0. The van der Waals surface area contributed by atoms with Gasteiger partial charge in [0, 0.05) is 20.1 Å². The molecular weight excluding hydrogens is 288 g/mol. The van der Waals surface area contributed by atoms with Crippen molar-refractivity contribution in [3.63, 3.8) is 0 Å². The van der Waals surface area contributed by atoms with Crippen LogP contribution in [0.2, 0.25) is 0 Å². The molecule has 1 aromatic rings. The third kappa shape index (κ3) is 3.73. The number of nitrogens with zero attached hydrogens (tertiary/aromatic N) is 3. The highest BCUT2D eigenvalue weighted by Gasteiger charge is 2.49. The largest absolute Gasteiger partial charge is 0.377 e. The van der Waals surface area contributed by atoms with Gasteiger partial charge in [-0.15, -0.1) is 0 Å². The molecule has 2 heterocycles. The number of alkyl halides is 2. The molecule has 9 heteroatoms. The molecule has 0 aromatic carbocycles. The summed E-state index contributed by atoms with van der Waals surface area (Å²) < 4.78 is 42.0. The van der Waals surface area contributed by atoms with Crippen LogP contribution in [-0.4, -0.2) is 53.7 Å². The lowest BCUT2D eigenvalue weighted by Gasteiger charge is -2.20. The van der Waals surface area contributed by atoms with Gasteiger partial charge in [0.2, 0.25) is 11.8 Å². The zero-order chi connectivity index (χ0) is 15.5. The van der Waals surface area contributed by atoms with Crippen molar-refractivity contribution in [3.05, 3.63) is 11.7 Å². The summed E-state index contributed by atoms with van der Waals surface area (Å²) in [5, 5.41) is 3.63. The van der Waals surface area contributed by atoms with Gasteiger partial charge in [-0.2, -0.15) is 4.98 Å². The maximum absolute atomic E-state index is 13.6. The van der Waals surface area contributed by atoms with Gasteiger partial charge in [0.15, 0.2) is 5.82 Å². The summed E-state index contributed by atoms with van der Waals surface area (Å²) in [7, 11) is 1.46. The average Bonchev–Trinajstić information content (AvgIpc) is 3.00. The first-order chi connectivity index (χ1) is 9.96. The van der Waals surface area contributed by atoms with Crippen LogP contribution in [0, 0.1) is 0 Å². The van der Waals surface area contributed by atoms with Gasteiger partial charge in [-0.05, 0) is 6.92 Å². The van der Waals surface area contributed by atoms with Gasteiger partial charge < -0.3 is 18.9 Å². The molecule has 1 aliphatic heterocycles. The number of methoxy groups -OCH3 is 1. The Hall–Kier alpha value is -1.61. The van der Waals surface area contributed by atoms with E-state index in [-0.39, 0.29) is 24.9 Å². The zero-order valence-electron chi connectivity index (χ0n) is 11.8. The molecule has 21 heavy (non-hydrogen) atoms. The highest BCUT2D eigenvalue weighted by atomic mass is 19.3. The molecule has 1 aliphatic rings. The summed E-state index contributed by atoms with van der Waals surface area (Å²) in [6.07, 6.45) is -0.542. The first-order valence-corrected chi connectivity index (χ1v) is 6.53. The molecule has 0 bridgehead atoms. The monoisotopic (exact) mass is 305 g/mol. The minimum absolute atomic E-state index is 0.0101. The molecular formula is C12H17F2N3O4. The normalized spacial score (nSPS) is 21.0. The van der Waals surface area contributed by atoms with E-state index < -0.39 is 30.8 Å². The number of halogens is 2. The van der Waals surface area contributed by atoms with Crippen molar-refractivity contribution in [1.29, 1.82) is 0 Å². The fraction of sp³-hybridized carbons (Fsp3) is 0.750. The number of aromatic nitrogens is 2. The van der Waals surface area contributed by atoms with Crippen molar-refractivity contribution in [2.24, 2.45) is 0 Å². The van der Waals surface area contributed by atoms with E-state index in [4.69, 9.17) is 14.0 Å². The second-order valence-electron chi connectivity index (χ2n) is 4.72. The van der Waals surface area contributed by atoms with Gasteiger partial charge in [-0.25, -0.2) is 8.78 Å². The standard InChI is InChI=1S/C12H17F2N3O4/c1-3-20-6-10(18)17-7-12(13,14)4-8(17)11-15-9(5-19-2)16-21-11/h8H,3-7H2,1-2H3/t8-/m0/s1. The molecule has 1 saturated heterocycles. The van der Waals surface area contributed by atoms with Crippen molar-refractivity contribution in [1.82, 2.24) is 15.0 Å². The molecule has 0 N–H and O–H groups in total. The lowest BCUT2D eigenvalue weighted by atomic mass is 10.2. The summed E-state index contributed by atoms with van der Waals surface area (Å²) in [5.74, 6) is -3.27. The van der Waals surface area contributed by atoms with Crippen molar-refractivity contribution in [2.75, 3.05) is 26.9 Å². The minimum Gasteiger partial charge on any atom is -0.377 e. The van der Waals surface area contributed by atoms with E-state index in [1.807, 2.05) is 0 Å². The van der Waals surface area contributed by atoms with E-state index in [1.54, 1.807) is 6.92 Å². The predicted octanol–water partition coefficient (Wildman–Crippen LogP) is 1.16. The lowest BCUT2D eigenvalue weighted by molar-refractivity contribution is -0.138. The van der Waals surface area contributed by atoms with Gasteiger partial charge in [0.25, 0.3) is 5.92 Å². The SMILES string of the molecule is CCOCC(=O)N1CC(F)(F)C[C@H]1c1nc(COC)no1. The Bertz CT molecular complexity index is 495. The molecule has 0 radical (unpaired) electrons. The predicted molar refractivity (Wildman–Crippen MR) is 65.5 cm³/mol. The Morgan fingerprint density at radius 1 is 1.57 bits per heavy atom. The molecule has 7 nitrogen and oxygen atoms in total. The Morgan fingerprint density at radius 3 is 3.00 bits per heavy atom. The minimum atomic E-state index is -2.98. The molecule has 0 saturated carbocycles. The van der Waals surface area contributed by atoms with Gasteiger partial charge in [-0.3, -0.25) is 4.79 Å². The number of hydrogen-bond donors (Lipinski definition) is 0. The molecule has 1 fully saturated rings. The van der Waals surface area contributed by atoms with E-state index in [2.05, 4.69) is 10.1 Å². The van der Waals surface area contributed by atoms with Crippen LogP contribution in [0.25, 0.3) is 0 Å². The van der Waals surface area contributed by atoms with E-state index in [0.717, 1.165) is 4.90 Å². The van der Waals surface area contributed by atoms with Crippen LogP contribution in [0.3, 0.4) is 0 Å². The Kier molecular flexibility index (Phi) is 4.84. The molecule has 0 aliphatic carbocycles. The van der Waals surface area contributed by atoms with Gasteiger partial charge in [0.05, 0.1) is 6.54 Å². The third-order valence-electron chi connectivity index (χ3n) is 3.06. The number of hydrogen-bond acceptors (Lipinski definition) is 6. The van der Waals surface area contributed by atoms with Crippen LogP contribution in [-0.2, 0) is 20.9 Å². The number of likely N-dealkylation sites (tertiary alicyclic amines) is 1. The van der Waals surface area contributed by atoms with Crippen LogP contribution in [0.15, 0.2) is 4.52 Å². The van der Waals surface area contributed by atoms with Crippen LogP contribution >= 0.6 is 0 Å². The highest BCUT2D eigenvalue weighted by molar-refractivity contribution is 5.78. The number of amides is 1. The van der Waals surface area contributed by atoms with Crippen LogP contribution < -0.4 is 0 Å². The smallest absolute Gasteiger partial charge is 0.267 e. The quantitative estimate of drug-likeness (QED) is 0.785. The number of carbonyl (C=O) groups is 1. The van der Waals surface area contributed by atoms with Crippen molar-refractivity contribution in [3.8, 4) is 0 Å². The summed E-state index contributed by atoms with van der Waals surface area (Å²) in [4.78, 5) is 17.0. The van der Waals surface area contributed by atoms with Crippen LogP contribution in [0.5, 0.6) is 0 Å². The van der Waals surface area contributed by atoms with E-state index in [1.165, 1.54) is 7.11 Å². The van der Waals surface area contributed by atoms with Gasteiger partial charge in [-0.1, -0.05) is 5.16 Å². The molecule has 0 spiro atoms. The van der Waals surface area contributed by atoms with Crippen LogP contribution in [0.4, 0.5) is 8.78 Å². The summed E-state index contributed by atoms with van der Waals surface area (Å²) in [6.45, 7) is 1.24. The molecule has 2 rings (SSSR count). The summed E-state index contributed by atoms with van der Waals surface area (Å²) in [6, 6.07) is -0.939. The molecule has 1 atom stereocenters. The third-order valence-corrected chi connectivity index (χ3v) is 3.06. The van der Waals surface area contributed by atoms with Crippen molar-refractivity contribution in [2.45, 2.75) is 31.9 Å². The zero-order valence-corrected chi connectivity index (χ0v) is 11.8. The fourth-order valence-electron chi connectivity index (χ4n) is 2.16. The Balaban J connectivity index is 2.15. The topological polar surface area (TPSA) is 77.7 Å². The molecule has 1 amide bonds. The average molecular weight is 305 g/mol. The Labute approximate surface area is 120 Å². The van der Waals surface area contributed by atoms with E-state index >= 15 is 0 Å². The maximum atomic E-state index is 13.6.